The van der Waals surface area contributed by atoms with Gasteiger partial charge in [-0.3, -0.25) is 5.43 Å². The largest absolute Gasteiger partial charge is 0.490 e. The second kappa shape index (κ2) is 9.79. The van der Waals surface area contributed by atoms with Crippen molar-refractivity contribution in [2.75, 3.05) is 6.61 Å². The Bertz CT molecular complexity index is 769. The normalized spacial score (nSPS) is 10.7. The van der Waals surface area contributed by atoms with Crippen molar-refractivity contribution in [3.63, 3.8) is 0 Å². The molecule has 132 valence electrons. The Morgan fingerprint density at radius 2 is 2.04 bits per heavy atom. The summed E-state index contributed by atoms with van der Waals surface area (Å²) >= 11 is 12.8. The van der Waals surface area contributed by atoms with Crippen molar-refractivity contribution < 1.29 is 9.47 Å². The van der Waals surface area contributed by atoms with Crippen LogP contribution in [0.2, 0.25) is 5.02 Å². The van der Waals surface area contributed by atoms with Crippen LogP contribution in [0.1, 0.15) is 18.1 Å². The summed E-state index contributed by atoms with van der Waals surface area (Å²) in [4.78, 5) is 0. The molecule has 2 rings (SSSR count). The fourth-order valence-corrected chi connectivity index (χ4v) is 2.93. The Hall–Kier alpha value is -1.58. The molecule has 0 radical (unpaired) electrons. The molecule has 8 heteroatoms. The van der Waals surface area contributed by atoms with E-state index in [0.29, 0.717) is 29.7 Å². The van der Waals surface area contributed by atoms with Gasteiger partial charge in [0, 0.05) is 5.02 Å². The van der Waals surface area contributed by atoms with Crippen LogP contribution in [0.3, 0.4) is 0 Å². The lowest BCUT2D eigenvalue weighted by atomic mass is 10.2. The summed E-state index contributed by atoms with van der Waals surface area (Å²) in [6, 6.07) is 11.3. The van der Waals surface area contributed by atoms with Gasteiger partial charge >= 0.3 is 0 Å². The van der Waals surface area contributed by atoms with Crippen LogP contribution in [0.15, 0.2) is 41.5 Å². The van der Waals surface area contributed by atoms with Crippen LogP contribution in [0.4, 0.5) is 0 Å². The number of halogens is 2. The number of nitrogens with one attached hydrogen (secondary N) is 1. The molecule has 0 saturated carbocycles. The summed E-state index contributed by atoms with van der Waals surface area (Å²) in [5, 5.41) is 4.77. The number of hydrazone groups is 1. The molecule has 0 heterocycles. The van der Waals surface area contributed by atoms with Gasteiger partial charge in [0.05, 0.1) is 16.4 Å². The van der Waals surface area contributed by atoms with E-state index in [0.717, 1.165) is 14.7 Å². The highest BCUT2D eigenvalue weighted by Crippen LogP contribution is 2.34. The topological polar surface area (TPSA) is 68.9 Å². The Morgan fingerprint density at radius 1 is 1.32 bits per heavy atom. The van der Waals surface area contributed by atoms with E-state index in [1.165, 1.54) is 0 Å². The molecule has 0 saturated heterocycles. The lowest BCUT2D eigenvalue weighted by Crippen LogP contribution is -2.24. The average Bonchev–Trinajstić information content (AvgIpc) is 2.55. The zero-order valence-corrected chi connectivity index (χ0v) is 17.2. The van der Waals surface area contributed by atoms with Crippen molar-refractivity contribution in [3.8, 4) is 11.5 Å². The standard InChI is InChI=1S/C17H17ClIN3O2S/c1-2-23-15-8-12(9-21-22-17(20)25)7-14(19)16(15)24-10-11-3-5-13(18)6-4-11/h3-9H,2,10H2,1H3,(H3,20,22,25). The van der Waals surface area contributed by atoms with Crippen molar-refractivity contribution >= 4 is 57.7 Å². The smallest absolute Gasteiger partial charge is 0.184 e. The Morgan fingerprint density at radius 3 is 2.68 bits per heavy atom. The number of hydrogen-bond acceptors (Lipinski definition) is 4. The van der Waals surface area contributed by atoms with Gasteiger partial charge in [-0.2, -0.15) is 5.10 Å². The maximum absolute atomic E-state index is 5.97. The fraction of sp³-hybridized carbons (Fsp3) is 0.176. The summed E-state index contributed by atoms with van der Waals surface area (Å²) < 4.78 is 12.6. The van der Waals surface area contributed by atoms with Crippen molar-refractivity contribution in [1.82, 2.24) is 5.43 Å². The molecule has 0 aliphatic carbocycles. The van der Waals surface area contributed by atoms with Crippen molar-refractivity contribution in [1.29, 1.82) is 0 Å². The molecular formula is C17H17ClIN3O2S. The van der Waals surface area contributed by atoms with Gasteiger partial charge in [-0.25, -0.2) is 0 Å². The maximum Gasteiger partial charge on any atom is 0.184 e. The molecule has 2 aromatic rings. The highest BCUT2D eigenvalue weighted by Gasteiger charge is 2.12. The number of nitrogens with two attached hydrogens (primary N) is 1. The van der Waals surface area contributed by atoms with Crippen LogP contribution in [0.5, 0.6) is 11.5 Å². The van der Waals surface area contributed by atoms with Crippen molar-refractivity contribution in [3.05, 3.63) is 56.1 Å². The number of rotatable bonds is 7. The lowest BCUT2D eigenvalue weighted by molar-refractivity contribution is 0.267. The number of nitrogens with zero attached hydrogens (tertiary/aromatic N) is 1. The first-order valence-electron chi connectivity index (χ1n) is 7.41. The van der Waals surface area contributed by atoms with Gasteiger partial charge in [0.2, 0.25) is 0 Å². The summed E-state index contributed by atoms with van der Waals surface area (Å²) in [5.41, 5.74) is 9.73. The Labute approximate surface area is 170 Å². The first-order valence-corrected chi connectivity index (χ1v) is 9.28. The highest BCUT2D eigenvalue weighted by molar-refractivity contribution is 14.1. The van der Waals surface area contributed by atoms with Crippen LogP contribution in [0.25, 0.3) is 0 Å². The number of benzene rings is 2. The third kappa shape index (κ3) is 6.33. The maximum atomic E-state index is 5.97. The van der Waals surface area contributed by atoms with E-state index >= 15 is 0 Å². The quantitative estimate of drug-likeness (QED) is 0.265. The Balaban J connectivity index is 2.19. The number of hydrogen-bond donors (Lipinski definition) is 2. The summed E-state index contributed by atoms with van der Waals surface area (Å²) in [6.07, 6.45) is 1.62. The van der Waals surface area contributed by atoms with E-state index < -0.39 is 0 Å². The minimum atomic E-state index is 0.110. The molecule has 0 atom stereocenters. The second-order valence-corrected chi connectivity index (χ2v) is 6.95. The van der Waals surface area contributed by atoms with E-state index in [-0.39, 0.29) is 5.11 Å². The summed E-state index contributed by atoms with van der Waals surface area (Å²) in [6.45, 7) is 2.87. The molecule has 0 amide bonds. The predicted molar refractivity (Wildman–Crippen MR) is 114 cm³/mol. The van der Waals surface area contributed by atoms with Gasteiger partial charge < -0.3 is 15.2 Å². The molecule has 0 spiro atoms. The van der Waals surface area contributed by atoms with Gasteiger partial charge in [-0.1, -0.05) is 23.7 Å². The van der Waals surface area contributed by atoms with Gasteiger partial charge in [0.1, 0.15) is 6.61 Å². The van der Waals surface area contributed by atoms with Crippen LogP contribution >= 0.6 is 46.4 Å². The summed E-state index contributed by atoms with van der Waals surface area (Å²) in [5.74, 6) is 1.34. The van der Waals surface area contributed by atoms with Crippen LogP contribution in [0, 0.1) is 3.57 Å². The van der Waals surface area contributed by atoms with Gasteiger partial charge in [0.25, 0.3) is 0 Å². The lowest BCUT2D eigenvalue weighted by Gasteiger charge is -2.14. The second-order valence-electron chi connectivity index (χ2n) is 4.91. The molecular weight excluding hydrogens is 473 g/mol. The zero-order chi connectivity index (χ0) is 18.2. The molecule has 3 N–H and O–H groups in total. The first-order chi connectivity index (χ1) is 12.0. The molecule has 0 bridgehead atoms. The SMILES string of the molecule is CCOc1cc(C=NNC(N)=S)cc(I)c1OCc1ccc(Cl)cc1. The van der Waals surface area contributed by atoms with Crippen LogP contribution in [-0.2, 0) is 6.61 Å². The minimum Gasteiger partial charge on any atom is -0.490 e. The zero-order valence-electron chi connectivity index (χ0n) is 13.5. The van der Waals surface area contributed by atoms with Gasteiger partial charge in [-0.05, 0) is 77.1 Å². The van der Waals surface area contributed by atoms with Crippen LogP contribution < -0.4 is 20.6 Å². The molecule has 0 aliphatic rings. The van der Waals surface area contributed by atoms with E-state index in [4.69, 9.17) is 39.0 Å². The average molecular weight is 490 g/mol. The third-order valence-corrected chi connectivity index (χ3v) is 4.16. The molecule has 25 heavy (non-hydrogen) atoms. The van der Waals surface area contributed by atoms with Crippen molar-refractivity contribution in [2.24, 2.45) is 10.8 Å². The third-order valence-electron chi connectivity index (χ3n) is 3.02. The highest BCUT2D eigenvalue weighted by atomic mass is 127. The molecule has 0 aromatic heterocycles. The monoisotopic (exact) mass is 489 g/mol. The Kier molecular flexibility index (Phi) is 7.73. The molecule has 0 unspecified atom stereocenters. The molecule has 0 fully saturated rings. The molecule has 2 aromatic carbocycles. The van der Waals surface area contributed by atoms with E-state index in [1.807, 2.05) is 43.3 Å². The van der Waals surface area contributed by atoms with E-state index in [9.17, 15) is 0 Å². The van der Waals surface area contributed by atoms with Gasteiger partial charge in [0.15, 0.2) is 16.6 Å². The van der Waals surface area contributed by atoms with E-state index in [1.54, 1.807) is 6.21 Å². The minimum absolute atomic E-state index is 0.110. The molecule has 0 aliphatic heterocycles. The fourth-order valence-electron chi connectivity index (χ4n) is 1.97. The first kappa shape index (κ1) is 19.7. The van der Waals surface area contributed by atoms with Gasteiger partial charge in [-0.15, -0.1) is 0 Å². The van der Waals surface area contributed by atoms with Crippen LogP contribution in [-0.4, -0.2) is 17.9 Å². The number of thiocarbonyl (C=S) groups is 1. The number of ether oxygens (including phenoxy) is 2. The van der Waals surface area contributed by atoms with E-state index in [2.05, 4.69) is 33.1 Å². The molecule has 5 nitrogen and oxygen atoms in total. The summed E-state index contributed by atoms with van der Waals surface area (Å²) in [7, 11) is 0. The predicted octanol–water partition coefficient (Wildman–Crippen LogP) is 4.09. The van der Waals surface area contributed by atoms with Crippen molar-refractivity contribution in [2.45, 2.75) is 13.5 Å².